The van der Waals surface area contributed by atoms with Crippen molar-refractivity contribution in [2.24, 2.45) is 5.84 Å². The molecule has 1 atom stereocenters. The zero-order valence-electron chi connectivity index (χ0n) is 10.0. The van der Waals surface area contributed by atoms with E-state index in [1.54, 1.807) is 0 Å². The lowest BCUT2D eigenvalue weighted by molar-refractivity contribution is 0.444. The van der Waals surface area contributed by atoms with E-state index in [0.717, 1.165) is 29.6 Å². The van der Waals surface area contributed by atoms with Crippen LogP contribution in [0.4, 0.5) is 0 Å². The van der Waals surface area contributed by atoms with Gasteiger partial charge in [-0.05, 0) is 28.8 Å². The highest BCUT2D eigenvalue weighted by Gasteiger charge is 2.18. The van der Waals surface area contributed by atoms with Gasteiger partial charge in [0.1, 0.15) is 0 Å². The van der Waals surface area contributed by atoms with E-state index >= 15 is 0 Å². The molecule has 1 aromatic heterocycles. The number of nitrogens with zero attached hydrogens (tertiary/aromatic N) is 2. The summed E-state index contributed by atoms with van der Waals surface area (Å²) in [6, 6.07) is 0.184. The average Bonchev–Trinajstić information content (AvgIpc) is 2.63. The second kappa shape index (κ2) is 7.04. The van der Waals surface area contributed by atoms with Crippen LogP contribution in [-0.2, 0) is 6.54 Å². The van der Waals surface area contributed by atoms with Gasteiger partial charge in [-0.1, -0.05) is 26.7 Å². The summed E-state index contributed by atoms with van der Waals surface area (Å²) in [7, 11) is 0. The average molecular weight is 289 g/mol. The Morgan fingerprint density at radius 1 is 1.50 bits per heavy atom. The number of nitrogens with two attached hydrogens (primary N) is 1. The Labute approximate surface area is 106 Å². The van der Waals surface area contributed by atoms with Crippen LogP contribution in [0.2, 0.25) is 0 Å². The Kier molecular flexibility index (Phi) is 6.01. The summed E-state index contributed by atoms with van der Waals surface area (Å²) in [5.74, 6) is 5.63. The van der Waals surface area contributed by atoms with Crippen molar-refractivity contribution in [3.8, 4) is 0 Å². The van der Waals surface area contributed by atoms with Crippen LogP contribution in [0.15, 0.2) is 10.7 Å². The maximum atomic E-state index is 5.63. The van der Waals surface area contributed by atoms with E-state index < -0.39 is 0 Å². The quantitative estimate of drug-likeness (QED) is 0.599. The molecule has 0 saturated heterocycles. The van der Waals surface area contributed by atoms with Crippen molar-refractivity contribution in [3.05, 3.63) is 16.4 Å². The van der Waals surface area contributed by atoms with Gasteiger partial charge in [0.2, 0.25) is 0 Å². The third kappa shape index (κ3) is 3.30. The van der Waals surface area contributed by atoms with Crippen molar-refractivity contribution in [3.63, 3.8) is 0 Å². The first-order valence-corrected chi connectivity index (χ1v) is 6.71. The first-order valence-electron chi connectivity index (χ1n) is 5.91. The summed E-state index contributed by atoms with van der Waals surface area (Å²) in [5.41, 5.74) is 4.05. The molecule has 1 rings (SSSR count). The Hall–Kier alpha value is -0.390. The van der Waals surface area contributed by atoms with Crippen molar-refractivity contribution in [1.29, 1.82) is 0 Å². The van der Waals surface area contributed by atoms with Crippen LogP contribution in [0.1, 0.15) is 51.3 Å². The number of nitrogens with one attached hydrogen (secondary N) is 1. The highest BCUT2D eigenvalue weighted by Crippen LogP contribution is 2.26. The Bertz CT molecular complexity index is 311. The van der Waals surface area contributed by atoms with Crippen LogP contribution in [0.25, 0.3) is 0 Å². The van der Waals surface area contributed by atoms with Gasteiger partial charge < -0.3 is 0 Å². The number of aryl methyl sites for hydroxylation is 1. The van der Waals surface area contributed by atoms with Crippen LogP contribution in [0, 0.1) is 0 Å². The molecule has 3 N–H and O–H groups in total. The van der Waals surface area contributed by atoms with Gasteiger partial charge in [-0.3, -0.25) is 16.0 Å². The third-order valence-corrected chi connectivity index (χ3v) is 3.26. The second-order valence-corrected chi connectivity index (χ2v) is 4.82. The zero-order chi connectivity index (χ0) is 12.0. The SMILES string of the molecule is CCCCC(NN)c1c(Br)cnn1CCC. The van der Waals surface area contributed by atoms with Crippen molar-refractivity contribution in [2.45, 2.75) is 52.1 Å². The Balaban J connectivity index is 2.84. The molecule has 1 unspecified atom stereocenters. The maximum absolute atomic E-state index is 5.63. The molecule has 16 heavy (non-hydrogen) atoms. The topological polar surface area (TPSA) is 55.9 Å². The highest BCUT2D eigenvalue weighted by atomic mass is 79.9. The van der Waals surface area contributed by atoms with E-state index in [-0.39, 0.29) is 6.04 Å². The van der Waals surface area contributed by atoms with Crippen molar-refractivity contribution in [1.82, 2.24) is 15.2 Å². The molecule has 0 radical (unpaired) electrons. The zero-order valence-corrected chi connectivity index (χ0v) is 11.6. The number of aromatic nitrogens is 2. The monoisotopic (exact) mass is 288 g/mol. The molecule has 0 aliphatic heterocycles. The number of halogens is 1. The van der Waals surface area contributed by atoms with Crippen LogP contribution in [0.5, 0.6) is 0 Å². The molecule has 0 bridgehead atoms. The molecule has 0 amide bonds. The molecule has 4 nitrogen and oxygen atoms in total. The lowest BCUT2D eigenvalue weighted by Crippen LogP contribution is -2.30. The fourth-order valence-corrected chi connectivity index (χ4v) is 2.39. The van der Waals surface area contributed by atoms with Crippen LogP contribution in [-0.4, -0.2) is 9.78 Å². The number of hydrogen-bond acceptors (Lipinski definition) is 3. The summed E-state index contributed by atoms with van der Waals surface area (Å²) < 4.78 is 3.07. The van der Waals surface area contributed by atoms with Crippen molar-refractivity contribution >= 4 is 15.9 Å². The van der Waals surface area contributed by atoms with Gasteiger partial charge in [-0.15, -0.1) is 0 Å². The summed E-state index contributed by atoms with van der Waals surface area (Å²) in [6.07, 6.45) is 6.31. The minimum Gasteiger partial charge on any atom is -0.271 e. The Morgan fingerprint density at radius 3 is 2.81 bits per heavy atom. The fraction of sp³-hybridized carbons (Fsp3) is 0.727. The molecule has 0 fully saturated rings. The van der Waals surface area contributed by atoms with E-state index in [2.05, 4.69) is 40.3 Å². The van der Waals surface area contributed by atoms with Crippen molar-refractivity contribution < 1.29 is 0 Å². The van der Waals surface area contributed by atoms with Crippen LogP contribution in [0.3, 0.4) is 0 Å². The molecule has 0 aliphatic rings. The lowest BCUT2D eigenvalue weighted by atomic mass is 10.1. The van der Waals surface area contributed by atoms with E-state index in [4.69, 9.17) is 5.84 Å². The van der Waals surface area contributed by atoms with E-state index in [1.807, 2.05) is 10.9 Å². The van der Waals surface area contributed by atoms with Gasteiger partial charge in [0.15, 0.2) is 0 Å². The van der Waals surface area contributed by atoms with E-state index in [1.165, 1.54) is 12.8 Å². The van der Waals surface area contributed by atoms with E-state index in [0.29, 0.717) is 0 Å². The van der Waals surface area contributed by atoms with Crippen LogP contribution < -0.4 is 11.3 Å². The molecule has 0 aliphatic carbocycles. The van der Waals surface area contributed by atoms with Crippen LogP contribution >= 0.6 is 15.9 Å². The summed E-state index contributed by atoms with van der Waals surface area (Å²) in [5, 5.41) is 4.36. The number of hydrogen-bond donors (Lipinski definition) is 2. The van der Waals surface area contributed by atoms with Gasteiger partial charge in [-0.2, -0.15) is 5.10 Å². The number of unbranched alkanes of at least 4 members (excludes halogenated alkanes) is 1. The highest BCUT2D eigenvalue weighted by molar-refractivity contribution is 9.10. The van der Waals surface area contributed by atoms with Gasteiger partial charge in [0, 0.05) is 6.54 Å². The predicted molar refractivity (Wildman–Crippen MR) is 69.8 cm³/mol. The Morgan fingerprint density at radius 2 is 2.25 bits per heavy atom. The molecule has 0 aromatic carbocycles. The summed E-state index contributed by atoms with van der Waals surface area (Å²) >= 11 is 3.54. The first-order chi connectivity index (χ1) is 7.74. The van der Waals surface area contributed by atoms with E-state index in [9.17, 15) is 0 Å². The molecule has 92 valence electrons. The largest absolute Gasteiger partial charge is 0.271 e. The second-order valence-electron chi connectivity index (χ2n) is 3.96. The fourth-order valence-electron chi connectivity index (χ4n) is 1.82. The first kappa shape index (κ1) is 13.7. The molecular formula is C11H21BrN4. The predicted octanol–water partition coefficient (Wildman–Crippen LogP) is 2.75. The molecule has 1 heterocycles. The normalized spacial score (nSPS) is 13.0. The summed E-state index contributed by atoms with van der Waals surface area (Å²) in [6.45, 7) is 5.27. The number of rotatable bonds is 7. The smallest absolute Gasteiger partial charge is 0.0709 e. The minimum absolute atomic E-state index is 0.184. The molecule has 0 spiro atoms. The van der Waals surface area contributed by atoms with Gasteiger partial charge in [0.05, 0.1) is 22.4 Å². The van der Waals surface area contributed by atoms with Gasteiger partial charge in [0.25, 0.3) is 0 Å². The van der Waals surface area contributed by atoms with Crippen molar-refractivity contribution in [2.75, 3.05) is 0 Å². The standard InChI is InChI=1S/C11H21BrN4/c1-3-5-6-10(15-13)11-9(12)8-14-16(11)7-4-2/h8,10,15H,3-7,13H2,1-2H3. The number of hydrazine groups is 1. The molecule has 1 aromatic rings. The lowest BCUT2D eigenvalue weighted by Gasteiger charge is -2.18. The molecular weight excluding hydrogens is 268 g/mol. The molecule has 0 saturated carbocycles. The molecule has 5 heteroatoms. The maximum Gasteiger partial charge on any atom is 0.0709 e. The summed E-state index contributed by atoms with van der Waals surface area (Å²) in [4.78, 5) is 0. The third-order valence-electron chi connectivity index (χ3n) is 2.65. The minimum atomic E-state index is 0.184. The van der Waals surface area contributed by atoms with Gasteiger partial charge >= 0.3 is 0 Å². The van der Waals surface area contributed by atoms with Gasteiger partial charge in [-0.25, -0.2) is 0 Å².